The van der Waals surface area contributed by atoms with Gasteiger partial charge < -0.3 is 10.2 Å². The van der Waals surface area contributed by atoms with Gasteiger partial charge in [-0.15, -0.1) is 0 Å². The summed E-state index contributed by atoms with van der Waals surface area (Å²) in [6.45, 7) is 10.7. The molecule has 0 spiro atoms. The van der Waals surface area contributed by atoms with Gasteiger partial charge in [-0.1, -0.05) is 33.6 Å². The van der Waals surface area contributed by atoms with Gasteiger partial charge in [-0.25, -0.2) is 0 Å². The van der Waals surface area contributed by atoms with Crippen molar-refractivity contribution in [3.05, 3.63) is 0 Å². The van der Waals surface area contributed by atoms with Gasteiger partial charge in [0.1, 0.15) is 0 Å². The summed E-state index contributed by atoms with van der Waals surface area (Å²) in [6.07, 6.45) is 6.89. The summed E-state index contributed by atoms with van der Waals surface area (Å²) >= 11 is 0. The number of carbonyl (C=O) groups is 1. The van der Waals surface area contributed by atoms with Gasteiger partial charge in [-0.05, 0) is 44.2 Å². The minimum Gasteiger partial charge on any atom is -0.342 e. The molecule has 2 aliphatic heterocycles. The van der Waals surface area contributed by atoms with E-state index in [9.17, 15) is 4.79 Å². The summed E-state index contributed by atoms with van der Waals surface area (Å²) in [4.78, 5) is 14.9. The lowest BCUT2D eigenvalue weighted by molar-refractivity contribution is -0.145. The highest BCUT2D eigenvalue weighted by Gasteiger charge is 2.40. The highest BCUT2D eigenvalue weighted by atomic mass is 16.2. The summed E-state index contributed by atoms with van der Waals surface area (Å²) < 4.78 is 0. The second-order valence-electron chi connectivity index (χ2n) is 6.81. The van der Waals surface area contributed by atoms with Crippen LogP contribution in [0.1, 0.15) is 59.3 Å². The summed E-state index contributed by atoms with van der Waals surface area (Å²) in [5.41, 5.74) is 0.398. The van der Waals surface area contributed by atoms with E-state index in [4.69, 9.17) is 0 Å². The van der Waals surface area contributed by atoms with E-state index in [0.29, 0.717) is 11.3 Å². The smallest absolute Gasteiger partial charge is 0.228 e. The Bertz CT molecular complexity index is 307. The molecule has 1 N–H and O–H groups in total. The zero-order chi connectivity index (χ0) is 13.9. The van der Waals surface area contributed by atoms with Gasteiger partial charge in [0.25, 0.3) is 0 Å². The van der Waals surface area contributed by atoms with Crippen molar-refractivity contribution in [3.63, 3.8) is 0 Å². The first-order chi connectivity index (χ1) is 9.05. The van der Waals surface area contributed by atoms with Crippen LogP contribution in [-0.2, 0) is 4.79 Å². The average molecular weight is 266 g/mol. The SMILES string of the molecule is CCC1(CC)CCN(C(=O)C2(C)CCNCC2)CC1. The fourth-order valence-corrected chi connectivity index (χ4v) is 3.72. The molecule has 2 fully saturated rings. The van der Waals surface area contributed by atoms with Gasteiger partial charge in [-0.3, -0.25) is 4.79 Å². The molecule has 3 heteroatoms. The number of hydrogen-bond donors (Lipinski definition) is 1. The van der Waals surface area contributed by atoms with Crippen LogP contribution in [-0.4, -0.2) is 37.0 Å². The van der Waals surface area contributed by atoms with Crippen LogP contribution < -0.4 is 5.32 Å². The Morgan fingerprint density at radius 1 is 1.05 bits per heavy atom. The lowest BCUT2D eigenvalue weighted by Crippen LogP contribution is -2.51. The molecule has 2 saturated heterocycles. The van der Waals surface area contributed by atoms with Crippen LogP contribution >= 0.6 is 0 Å². The Labute approximate surface area is 118 Å². The lowest BCUT2D eigenvalue weighted by Gasteiger charge is -2.44. The van der Waals surface area contributed by atoms with Crippen molar-refractivity contribution < 1.29 is 4.79 Å². The molecule has 0 saturated carbocycles. The minimum atomic E-state index is -0.107. The molecule has 0 radical (unpaired) electrons. The topological polar surface area (TPSA) is 32.3 Å². The Kier molecular flexibility index (Phi) is 4.54. The van der Waals surface area contributed by atoms with Crippen molar-refractivity contribution in [1.82, 2.24) is 10.2 Å². The van der Waals surface area contributed by atoms with Gasteiger partial charge >= 0.3 is 0 Å². The number of hydrogen-bond acceptors (Lipinski definition) is 2. The Hall–Kier alpha value is -0.570. The van der Waals surface area contributed by atoms with Crippen molar-refractivity contribution >= 4 is 5.91 Å². The normalized spacial score (nSPS) is 26.2. The molecule has 0 aromatic heterocycles. The predicted octanol–water partition coefficient (Wildman–Crippen LogP) is 2.80. The molecule has 0 aromatic rings. The summed E-state index contributed by atoms with van der Waals surface area (Å²) in [6, 6.07) is 0. The molecule has 0 atom stereocenters. The third kappa shape index (κ3) is 2.96. The highest BCUT2D eigenvalue weighted by Crippen LogP contribution is 2.39. The maximum absolute atomic E-state index is 12.8. The number of rotatable bonds is 3. The molecular formula is C16H30N2O. The first-order valence-electron chi connectivity index (χ1n) is 8.05. The molecule has 3 nitrogen and oxygen atoms in total. The van der Waals surface area contributed by atoms with Gasteiger partial charge in [-0.2, -0.15) is 0 Å². The molecule has 110 valence electrons. The number of nitrogens with zero attached hydrogens (tertiary/aromatic N) is 1. The number of nitrogens with one attached hydrogen (secondary N) is 1. The fraction of sp³-hybridized carbons (Fsp3) is 0.938. The van der Waals surface area contributed by atoms with Gasteiger partial charge in [0.2, 0.25) is 5.91 Å². The Balaban J connectivity index is 1.95. The number of piperidine rings is 2. The van der Waals surface area contributed by atoms with Crippen LogP contribution in [0.5, 0.6) is 0 Å². The molecule has 1 amide bonds. The first-order valence-corrected chi connectivity index (χ1v) is 8.05. The van der Waals surface area contributed by atoms with E-state index in [-0.39, 0.29) is 5.41 Å². The maximum atomic E-state index is 12.8. The Morgan fingerprint density at radius 3 is 2.05 bits per heavy atom. The molecule has 2 rings (SSSR count). The number of amides is 1. The molecule has 0 aromatic carbocycles. The maximum Gasteiger partial charge on any atom is 0.228 e. The zero-order valence-corrected chi connectivity index (χ0v) is 12.9. The summed E-state index contributed by atoms with van der Waals surface area (Å²) in [7, 11) is 0. The molecule has 0 unspecified atom stereocenters. The molecule has 0 aliphatic carbocycles. The van der Waals surface area contributed by atoms with Crippen LogP contribution in [0.15, 0.2) is 0 Å². The quantitative estimate of drug-likeness (QED) is 0.852. The standard InChI is InChI=1S/C16H30N2O/c1-4-16(5-2)8-12-18(13-9-16)14(19)15(3)6-10-17-11-7-15/h17H,4-13H2,1-3H3. The van der Waals surface area contributed by atoms with Crippen LogP contribution in [0.4, 0.5) is 0 Å². The van der Waals surface area contributed by atoms with Gasteiger partial charge in [0.15, 0.2) is 0 Å². The molecular weight excluding hydrogens is 236 g/mol. The molecule has 2 heterocycles. The van der Waals surface area contributed by atoms with E-state index in [0.717, 1.165) is 39.0 Å². The Morgan fingerprint density at radius 2 is 1.58 bits per heavy atom. The van der Waals surface area contributed by atoms with Crippen LogP contribution in [0, 0.1) is 10.8 Å². The largest absolute Gasteiger partial charge is 0.342 e. The first kappa shape index (κ1) is 14.8. The second kappa shape index (κ2) is 5.82. The third-order valence-corrected chi connectivity index (χ3v) is 5.83. The monoisotopic (exact) mass is 266 g/mol. The van der Waals surface area contributed by atoms with Crippen molar-refractivity contribution in [1.29, 1.82) is 0 Å². The number of likely N-dealkylation sites (tertiary alicyclic amines) is 1. The van der Waals surface area contributed by atoms with Crippen molar-refractivity contribution in [2.45, 2.75) is 59.3 Å². The summed E-state index contributed by atoms with van der Waals surface area (Å²) in [5.74, 6) is 0.412. The van der Waals surface area contributed by atoms with E-state index in [1.54, 1.807) is 0 Å². The van der Waals surface area contributed by atoms with Crippen molar-refractivity contribution in [2.24, 2.45) is 10.8 Å². The molecule has 0 bridgehead atoms. The van der Waals surface area contributed by atoms with E-state index in [2.05, 4.69) is 31.0 Å². The fourth-order valence-electron chi connectivity index (χ4n) is 3.72. The van der Waals surface area contributed by atoms with Crippen molar-refractivity contribution in [3.8, 4) is 0 Å². The van der Waals surface area contributed by atoms with Crippen molar-refractivity contribution in [2.75, 3.05) is 26.2 Å². The van der Waals surface area contributed by atoms with Crippen LogP contribution in [0.2, 0.25) is 0 Å². The van der Waals surface area contributed by atoms with E-state index in [1.165, 1.54) is 25.7 Å². The zero-order valence-electron chi connectivity index (χ0n) is 12.9. The van der Waals surface area contributed by atoms with Crippen LogP contribution in [0.3, 0.4) is 0 Å². The average Bonchev–Trinajstić information content (AvgIpc) is 2.47. The third-order valence-electron chi connectivity index (χ3n) is 5.83. The number of carbonyl (C=O) groups excluding carboxylic acids is 1. The van der Waals surface area contributed by atoms with E-state index >= 15 is 0 Å². The lowest BCUT2D eigenvalue weighted by atomic mass is 9.73. The second-order valence-corrected chi connectivity index (χ2v) is 6.81. The molecule has 19 heavy (non-hydrogen) atoms. The highest BCUT2D eigenvalue weighted by molar-refractivity contribution is 5.82. The summed E-state index contributed by atoms with van der Waals surface area (Å²) in [5, 5.41) is 3.36. The van der Waals surface area contributed by atoms with E-state index < -0.39 is 0 Å². The van der Waals surface area contributed by atoms with Gasteiger partial charge in [0.05, 0.1) is 0 Å². The van der Waals surface area contributed by atoms with Crippen LogP contribution in [0.25, 0.3) is 0 Å². The molecule has 2 aliphatic rings. The minimum absolute atomic E-state index is 0.107. The van der Waals surface area contributed by atoms with E-state index in [1.807, 2.05) is 0 Å². The van der Waals surface area contributed by atoms with Gasteiger partial charge in [0, 0.05) is 18.5 Å². The predicted molar refractivity (Wildman–Crippen MR) is 79.0 cm³/mol.